The lowest BCUT2D eigenvalue weighted by molar-refractivity contribution is -0.259. The maximum atomic E-state index is 8.35. The van der Waals surface area contributed by atoms with Crippen molar-refractivity contribution in [2.45, 2.75) is 38.7 Å². The van der Waals surface area contributed by atoms with E-state index in [0.29, 0.717) is 18.6 Å². The van der Waals surface area contributed by atoms with Gasteiger partial charge in [-0.1, -0.05) is 12.8 Å². The molecule has 1 rings (SSSR count). The fraction of sp³-hybridized carbons (Fsp3) is 1.00. The highest BCUT2D eigenvalue weighted by molar-refractivity contribution is 4.75. The van der Waals surface area contributed by atoms with Crippen molar-refractivity contribution < 1.29 is 14.9 Å². The van der Waals surface area contributed by atoms with E-state index in [2.05, 4.69) is 4.89 Å². The predicted molar refractivity (Wildman–Crippen MR) is 46.0 cm³/mol. The highest BCUT2D eigenvalue weighted by atomic mass is 17.1. The van der Waals surface area contributed by atoms with Crippen LogP contribution < -0.4 is 0 Å². The van der Waals surface area contributed by atoms with Gasteiger partial charge in [0.05, 0.1) is 12.7 Å². The molecular weight excluding hydrogens is 156 g/mol. The molecule has 72 valence electrons. The molecule has 1 aliphatic rings. The molecule has 2 atom stereocenters. The van der Waals surface area contributed by atoms with Crippen LogP contribution in [0.15, 0.2) is 0 Å². The molecule has 2 unspecified atom stereocenters. The summed E-state index contributed by atoms with van der Waals surface area (Å²) in [7, 11) is 0. The van der Waals surface area contributed by atoms with Crippen LogP contribution in [-0.4, -0.2) is 24.6 Å². The maximum Gasteiger partial charge on any atom is 0.0872 e. The Morgan fingerprint density at radius 3 is 2.75 bits per heavy atom. The first-order valence-electron chi connectivity index (χ1n) is 4.76. The normalized spacial score (nSPS) is 30.5. The summed E-state index contributed by atoms with van der Waals surface area (Å²) in [4.78, 5) is 4.18. The van der Waals surface area contributed by atoms with Gasteiger partial charge >= 0.3 is 0 Å². The number of rotatable bonds is 4. The molecule has 0 saturated heterocycles. The van der Waals surface area contributed by atoms with Crippen molar-refractivity contribution in [1.82, 2.24) is 0 Å². The Kier molecular flexibility index (Phi) is 4.58. The summed E-state index contributed by atoms with van der Waals surface area (Å²) in [5.41, 5.74) is 0. The van der Waals surface area contributed by atoms with E-state index in [-0.39, 0.29) is 0 Å². The zero-order valence-electron chi connectivity index (χ0n) is 7.66. The van der Waals surface area contributed by atoms with E-state index in [1.165, 1.54) is 12.8 Å². The van der Waals surface area contributed by atoms with Gasteiger partial charge < -0.3 is 4.74 Å². The summed E-state index contributed by atoms with van der Waals surface area (Å²) in [5.74, 6) is 0.392. The van der Waals surface area contributed by atoms with Gasteiger partial charge in [0.25, 0.3) is 0 Å². The van der Waals surface area contributed by atoms with Crippen LogP contribution >= 0.6 is 0 Å². The van der Waals surface area contributed by atoms with Crippen LogP contribution in [0.5, 0.6) is 0 Å². The zero-order chi connectivity index (χ0) is 8.81. The monoisotopic (exact) mass is 174 g/mol. The van der Waals surface area contributed by atoms with E-state index in [4.69, 9.17) is 9.99 Å². The molecule has 0 bridgehead atoms. The van der Waals surface area contributed by atoms with Gasteiger partial charge in [0.1, 0.15) is 0 Å². The van der Waals surface area contributed by atoms with Crippen molar-refractivity contribution in [3.8, 4) is 0 Å². The van der Waals surface area contributed by atoms with Crippen molar-refractivity contribution in [3.63, 3.8) is 0 Å². The third-order valence-electron chi connectivity index (χ3n) is 2.51. The van der Waals surface area contributed by atoms with Gasteiger partial charge in [-0.15, -0.1) is 0 Å². The highest BCUT2D eigenvalue weighted by Gasteiger charge is 2.25. The van der Waals surface area contributed by atoms with Crippen LogP contribution in [0.3, 0.4) is 0 Å². The molecule has 0 aromatic rings. The van der Waals surface area contributed by atoms with Gasteiger partial charge in [0.15, 0.2) is 0 Å². The van der Waals surface area contributed by atoms with E-state index in [0.717, 1.165) is 19.4 Å². The summed E-state index contributed by atoms with van der Waals surface area (Å²) < 4.78 is 5.56. The van der Waals surface area contributed by atoms with Crippen molar-refractivity contribution >= 4 is 0 Å². The second kappa shape index (κ2) is 5.51. The van der Waals surface area contributed by atoms with Crippen molar-refractivity contribution in [1.29, 1.82) is 0 Å². The molecule has 0 heterocycles. The third kappa shape index (κ3) is 2.73. The summed E-state index contributed by atoms with van der Waals surface area (Å²) in [6, 6.07) is 0. The standard InChI is InChI=1S/C9H18O3/c1-2-11-9-6-4-3-5-8(9)7-12-10/h8-10H,2-7H2,1H3. The Hall–Kier alpha value is -0.120. The first kappa shape index (κ1) is 9.96. The van der Waals surface area contributed by atoms with Crippen LogP contribution in [0.1, 0.15) is 32.6 Å². The minimum Gasteiger partial charge on any atom is -0.378 e. The Morgan fingerprint density at radius 1 is 1.33 bits per heavy atom. The average molecular weight is 174 g/mol. The number of ether oxygens (including phenoxy) is 1. The second-order valence-corrected chi connectivity index (χ2v) is 3.33. The molecule has 0 aromatic heterocycles. The molecule has 0 aliphatic heterocycles. The SMILES string of the molecule is CCOC1CCCCC1COO. The van der Waals surface area contributed by atoms with E-state index in [1.807, 2.05) is 6.92 Å². The summed E-state index contributed by atoms with van der Waals surface area (Å²) in [5, 5.41) is 8.35. The molecule has 0 spiro atoms. The first-order valence-corrected chi connectivity index (χ1v) is 4.76. The Morgan fingerprint density at radius 2 is 2.08 bits per heavy atom. The minimum atomic E-state index is 0.302. The average Bonchev–Trinajstić information content (AvgIpc) is 2.09. The predicted octanol–water partition coefficient (Wildman–Crippen LogP) is 2.07. The molecular formula is C9H18O3. The lowest BCUT2D eigenvalue weighted by Crippen LogP contribution is -2.30. The van der Waals surface area contributed by atoms with E-state index in [1.54, 1.807) is 0 Å². The summed E-state index contributed by atoms with van der Waals surface area (Å²) in [6.45, 7) is 3.18. The van der Waals surface area contributed by atoms with Gasteiger partial charge in [0, 0.05) is 12.5 Å². The molecule has 1 N–H and O–H groups in total. The van der Waals surface area contributed by atoms with Gasteiger partial charge in [-0.2, -0.15) is 0 Å². The van der Waals surface area contributed by atoms with E-state index >= 15 is 0 Å². The molecule has 1 aliphatic carbocycles. The molecule has 3 heteroatoms. The van der Waals surface area contributed by atoms with Gasteiger partial charge in [-0.25, -0.2) is 4.89 Å². The Balaban J connectivity index is 2.31. The Labute approximate surface area is 73.6 Å². The van der Waals surface area contributed by atoms with E-state index in [9.17, 15) is 0 Å². The minimum absolute atomic E-state index is 0.302. The fourth-order valence-electron chi connectivity index (χ4n) is 1.89. The lowest BCUT2D eigenvalue weighted by Gasteiger charge is -2.29. The quantitative estimate of drug-likeness (QED) is 0.524. The molecule has 1 saturated carbocycles. The highest BCUT2D eigenvalue weighted by Crippen LogP contribution is 2.26. The molecule has 0 radical (unpaired) electrons. The maximum absolute atomic E-state index is 8.35. The summed E-state index contributed by atoms with van der Waals surface area (Å²) >= 11 is 0. The van der Waals surface area contributed by atoms with Crippen LogP contribution in [0, 0.1) is 5.92 Å². The molecule has 0 aromatic carbocycles. The molecule has 3 nitrogen and oxygen atoms in total. The smallest absolute Gasteiger partial charge is 0.0872 e. The van der Waals surface area contributed by atoms with Crippen LogP contribution in [-0.2, 0) is 9.62 Å². The Bertz CT molecular complexity index is 98.3. The van der Waals surface area contributed by atoms with E-state index < -0.39 is 0 Å². The van der Waals surface area contributed by atoms with Gasteiger partial charge in [-0.3, -0.25) is 5.26 Å². The van der Waals surface area contributed by atoms with Crippen LogP contribution in [0.2, 0.25) is 0 Å². The van der Waals surface area contributed by atoms with Crippen LogP contribution in [0.4, 0.5) is 0 Å². The largest absolute Gasteiger partial charge is 0.378 e. The number of hydrogen-bond donors (Lipinski definition) is 1. The third-order valence-corrected chi connectivity index (χ3v) is 2.51. The fourth-order valence-corrected chi connectivity index (χ4v) is 1.89. The first-order chi connectivity index (χ1) is 5.88. The number of hydrogen-bond acceptors (Lipinski definition) is 3. The summed E-state index contributed by atoms with van der Waals surface area (Å²) in [6.07, 6.45) is 5.01. The molecule has 1 fully saturated rings. The van der Waals surface area contributed by atoms with Crippen molar-refractivity contribution in [2.24, 2.45) is 5.92 Å². The van der Waals surface area contributed by atoms with Crippen molar-refractivity contribution in [3.05, 3.63) is 0 Å². The van der Waals surface area contributed by atoms with Gasteiger partial charge in [-0.05, 0) is 19.8 Å². The zero-order valence-corrected chi connectivity index (χ0v) is 7.66. The van der Waals surface area contributed by atoms with Gasteiger partial charge in [0.2, 0.25) is 0 Å². The molecule has 0 amide bonds. The topological polar surface area (TPSA) is 38.7 Å². The second-order valence-electron chi connectivity index (χ2n) is 3.33. The van der Waals surface area contributed by atoms with Crippen molar-refractivity contribution in [2.75, 3.05) is 13.2 Å². The molecule has 12 heavy (non-hydrogen) atoms. The lowest BCUT2D eigenvalue weighted by atomic mass is 9.87. The van der Waals surface area contributed by atoms with Crippen LogP contribution in [0.25, 0.3) is 0 Å².